The van der Waals surface area contributed by atoms with Crippen molar-refractivity contribution in [2.45, 2.75) is 54.0 Å². The summed E-state index contributed by atoms with van der Waals surface area (Å²) in [5.41, 5.74) is 2.80. The highest BCUT2D eigenvalue weighted by Gasteiger charge is 2.18. The van der Waals surface area contributed by atoms with Gasteiger partial charge < -0.3 is 14.8 Å². The predicted molar refractivity (Wildman–Crippen MR) is 135 cm³/mol. The first-order chi connectivity index (χ1) is 15.3. The number of imidazole rings is 1. The average Bonchev–Trinajstić information content (AvgIpc) is 3.15. The molecule has 6 heteroatoms. The fraction of sp³-hybridized carbons (Fsp3) is 0.385. The van der Waals surface area contributed by atoms with Gasteiger partial charge >= 0.3 is 5.97 Å². The van der Waals surface area contributed by atoms with E-state index in [-0.39, 0.29) is 11.5 Å². The van der Waals surface area contributed by atoms with Crippen LogP contribution in [0, 0.1) is 0 Å². The summed E-state index contributed by atoms with van der Waals surface area (Å²) >= 11 is 0. The summed E-state index contributed by atoms with van der Waals surface area (Å²) in [7, 11) is 3.02. The summed E-state index contributed by atoms with van der Waals surface area (Å²) in [6.07, 6.45) is 5.78. The molecule has 0 aliphatic carbocycles. The molecular weight excluding hydrogens is 402 g/mol. The quantitative estimate of drug-likeness (QED) is 0.456. The molecular formula is C26H37N3O3. The molecule has 2 heterocycles. The largest absolute Gasteiger partial charge is 0.497 e. The number of benzene rings is 1. The van der Waals surface area contributed by atoms with Gasteiger partial charge in [0.2, 0.25) is 0 Å². The second-order valence-electron chi connectivity index (χ2n) is 7.46. The number of carbonyl (C=O) groups excluding carboxylic acids is 1. The fourth-order valence-electron chi connectivity index (χ4n) is 2.79. The number of pyridine rings is 1. The summed E-state index contributed by atoms with van der Waals surface area (Å²) in [6, 6.07) is 11.3. The first-order valence-corrected chi connectivity index (χ1v) is 11.0. The van der Waals surface area contributed by atoms with Gasteiger partial charge in [-0.1, -0.05) is 45.9 Å². The van der Waals surface area contributed by atoms with E-state index in [1.54, 1.807) is 19.2 Å². The van der Waals surface area contributed by atoms with Gasteiger partial charge in [0.15, 0.2) is 0 Å². The maximum atomic E-state index is 11.8. The van der Waals surface area contributed by atoms with Crippen LogP contribution in [-0.2, 0) is 4.74 Å². The molecule has 0 aliphatic rings. The van der Waals surface area contributed by atoms with E-state index in [1.165, 1.54) is 7.11 Å². The molecule has 1 N–H and O–H groups in total. The number of rotatable bonds is 5. The van der Waals surface area contributed by atoms with Gasteiger partial charge in [-0.3, -0.25) is 4.40 Å². The number of nitrogens with zero attached hydrogens (tertiary/aromatic N) is 2. The zero-order valence-corrected chi connectivity index (χ0v) is 20.8. The van der Waals surface area contributed by atoms with Gasteiger partial charge in [0.25, 0.3) is 0 Å². The maximum Gasteiger partial charge on any atom is 0.338 e. The van der Waals surface area contributed by atoms with Crippen LogP contribution in [0.15, 0.2) is 42.6 Å². The number of carbonyl (C=O) groups is 1. The van der Waals surface area contributed by atoms with Crippen LogP contribution < -0.4 is 10.1 Å². The van der Waals surface area contributed by atoms with Crippen molar-refractivity contribution in [1.82, 2.24) is 9.38 Å². The van der Waals surface area contributed by atoms with Crippen molar-refractivity contribution in [3.05, 3.63) is 59.4 Å². The molecule has 3 aromatic rings. The number of fused-ring (bicyclic) bond motifs is 1. The number of nitrogens with one attached hydrogen (secondary N) is 1. The summed E-state index contributed by atoms with van der Waals surface area (Å²) in [4.78, 5) is 16.5. The summed E-state index contributed by atoms with van der Waals surface area (Å²) < 4.78 is 11.9. The second-order valence-corrected chi connectivity index (χ2v) is 7.46. The molecule has 6 nitrogen and oxygen atoms in total. The zero-order chi connectivity index (χ0) is 24.3. The van der Waals surface area contributed by atoms with Crippen LogP contribution in [0.3, 0.4) is 0 Å². The monoisotopic (exact) mass is 439 g/mol. The van der Waals surface area contributed by atoms with Gasteiger partial charge in [0.05, 0.1) is 19.8 Å². The predicted octanol–water partition coefficient (Wildman–Crippen LogP) is 6.56. The minimum absolute atomic E-state index is 0.153. The van der Waals surface area contributed by atoms with E-state index in [0.717, 1.165) is 22.8 Å². The van der Waals surface area contributed by atoms with E-state index < -0.39 is 0 Å². The van der Waals surface area contributed by atoms with Crippen molar-refractivity contribution in [3.8, 4) is 5.75 Å². The van der Waals surface area contributed by atoms with Gasteiger partial charge in [0.1, 0.15) is 22.9 Å². The van der Waals surface area contributed by atoms with E-state index in [2.05, 4.69) is 26.1 Å². The van der Waals surface area contributed by atoms with Gasteiger partial charge in [-0.2, -0.15) is 0 Å². The number of hydrogen-bond acceptors (Lipinski definition) is 5. The number of ether oxygens (including phenoxy) is 2. The minimum Gasteiger partial charge on any atom is -0.497 e. The lowest BCUT2D eigenvalue weighted by Crippen LogP contribution is -2.27. The molecule has 0 saturated carbocycles. The van der Waals surface area contributed by atoms with Gasteiger partial charge in [0, 0.05) is 11.7 Å². The van der Waals surface area contributed by atoms with Crippen molar-refractivity contribution >= 4 is 29.6 Å². The van der Waals surface area contributed by atoms with Crippen molar-refractivity contribution in [3.63, 3.8) is 0 Å². The van der Waals surface area contributed by atoms with Crippen LogP contribution in [0.5, 0.6) is 5.75 Å². The van der Waals surface area contributed by atoms with Gasteiger partial charge in [-0.25, -0.2) is 9.78 Å². The molecule has 0 spiro atoms. The molecule has 32 heavy (non-hydrogen) atoms. The van der Waals surface area contributed by atoms with E-state index in [0.29, 0.717) is 11.2 Å². The molecule has 0 atom stereocenters. The highest BCUT2D eigenvalue weighted by Crippen LogP contribution is 2.25. The van der Waals surface area contributed by atoms with E-state index in [1.807, 2.05) is 74.7 Å². The number of methoxy groups -OCH3 is 2. The van der Waals surface area contributed by atoms with Crippen LogP contribution >= 0.6 is 0 Å². The Morgan fingerprint density at radius 3 is 2.16 bits per heavy atom. The van der Waals surface area contributed by atoms with Crippen LogP contribution in [0.25, 0.3) is 17.8 Å². The lowest BCUT2D eigenvalue weighted by molar-refractivity contribution is 0.0600. The number of anilines is 1. The maximum absolute atomic E-state index is 11.8. The minimum atomic E-state index is -0.383. The van der Waals surface area contributed by atoms with E-state index >= 15 is 0 Å². The van der Waals surface area contributed by atoms with E-state index in [4.69, 9.17) is 14.5 Å². The first-order valence-electron chi connectivity index (χ1n) is 11.0. The standard InChI is InChI=1S/C22H25N3O3.2C2H6/c1-22(2,3)24-20-18(11-8-15-6-9-17(27-4)10-7-15)23-19-14-16(21(26)28-5)12-13-25(19)20;2*1-2/h6-14,24H,1-5H3;2*1-2H3/b11-8+;;. The van der Waals surface area contributed by atoms with Crippen LogP contribution in [0.4, 0.5) is 5.82 Å². The Hall–Kier alpha value is -3.28. The number of hydrogen-bond donors (Lipinski definition) is 1. The average molecular weight is 440 g/mol. The third-order valence-electron chi connectivity index (χ3n) is 4.12. The molecule has 0 fully saturated rings. The molecule has 174 valence electrons. The molecule has 0 bridgehead atoms. The number of esters is 1. The molecule has 2 aromatic heterocycles. The van der Waals surface area contributed by atoms with Crippen LogP contribution in [-0.4, -0.2) is 35.1 Å². The van der Waals surface area contributed by atoms with Crippen molar-refractivity contribution in [2.75, 3.05) is 19.5 Å². The van der Waals surface area contributed by atoms with Crippen LogP contribution in [0.1, 0.15) is 70.1 Å². The molecule has 0 radical (unpaired) electrons. The lowest BCUT2D eigenvalue weighted by Gasteiger charge is -2.22. The molecule has 0 unspecified atom stereocenters. The topological polar surface area (TPSA) is 64.9 Å². The van der Waals surface area contributed by atoms with Gasteiger partial charge in [-0.05, 0) is 56.7 Å². The Bertz CT molecular complexity index is 1010. The lowest BCUT2D eigenvalue weighted by atomic mass is 10.1. The summed E-state index contributed by atoms with van der Waals surface area (Å²) in [6.45, 7) is 14.3. The van der Waals surface area contributed by atoms with Crippen molar-refractivity contribution in [1.29, 1.82) is 0 Å². The highest BCUT2D eigenvalue weighted by molar-refractivity contribution is 5.90. The number of aromatic nitrogens is 2. The fourth-order valence-corrected chi connectivity index (χ4v) is 2.79. The summed E-state index contributed by atoms with van der Waals surface area (Å²) in [5, 5.41) is 3.50. The molecule has 0 amide bonds. The SMILES string of the molecule is CC.CC.COC(=O)c1ccn2c(NC(C)(C)C)c(/C=C/c3ccc(OC)cc3)nc2c1. The smallest absolute Gasteiger partial charge is 0.338 e. The normalized spacial score (nSPS) is 10.7. The Labute approximate surface area is 192 Å². The van der Waals surface area contributed by atoms with Gasteiger partial charge in [-0.15, -0.1) is 0 Å². The van der Waals surface area contributed by atoms with Crippen molar-refractivity contribution in [2.24, 2.45) is 0 Å². The molecule has 3 rings (SSSR count). The first kappa shape index (κ1) is 26.8. The highest BCUT2D eigenvalue weighted by atomic mass is 16.5. The van der Waals surface area contributed by atoms with E-state index in [9.17, 15) is 4.79 Å². The third kappa shape index (κ3) is 7.15. The summed E-state index contributed by atoms with van der Waals surface area (Å²) in [5.74, 6) is 1.30. The third-order valence-corrected chi connectivity index (χ3v) is 4.12. The Morgan fingerprint density at radius 1 is 1.00 bits per heavy atom. The Morgan fingerprint density at radius 2 is 1.62 bits per heavy atom. The zero-order valence-electron chi connectivity index (χ0n) is 20.8. The Balaban J connectivity index is 0.00000121. The van der Waals surface area contributed by atoms with Crippen LogP contribution in [0.2, 0.25) is 0 Å². The van der Waals surface area contributed by atoms with Crippen molar-refractivity contribution < 1.29 is 14.3 Å². The molecule has 1 aromatic carbocycles. The molecule has 0 aliphatic heterocycles. The molecule has 0 saturated heterocycles. The Kier molecular flexibility index (Phi) is 10.5. The second kappa shape index (κ2) is 12.5.